The van der Waals surface area contributed by atoms with Crippen molar-refractivity contribution in [2.75, 3.05) is 35.6 Å². The molecule has 0 aliphatic carbocycles. The highest BCUT2D eigenvalue weighted by Gasteiger charge is 2.31. The van der Waals surface area contributed by atoms with Crippen LogP contribution < -0.4 is 21.3 Å². The number of nitrogens with one attached hydrogen (secondary N) is 2. The molecule has 1 atom stereocenters. The molecule has 1 fully saturated rings. The summed E-state index contributed by atoms with van der Waals surface area (Å²) >= 11 is 0. The fourth-order valence-electron chi connectivity index (χ4n) is 4.04. The number of fused-ring (bicyclic) bond motifs is 1. The smallest absolute Gasteiger partial charge is 0.399 e. The number of nitrogens with zero attached hydrogens (tertiary/aromatic N) is 3. The number of aromatic nitrogens is 2. The zero-order valence-electron chi connectivity index (χ0n) is 17.4. The predicted molar refractivity (Wildman–Crippen MR) is 118 cm³/mol. The number of hydrogen-bond acceptors (Lipinski definition) is 6. The molecule has 6 nitrogen and oxygen atoms in total. The maximum absolute atomic E-state index is 13.2. The van der Waals surface area contributed by atoms with Gasteiger partial charge in [0, 0.05) is 35.9 Å². The Balaban J connectivity index is 1.74. The molecule has 1 aromatic heterocycles. The lowest BCUT2D eigenvalue weighted by Gasteiger charge is -2.21. The summed E-state index contributed by atoms with van der Waals surface area (Å²) in [6, 6.07) is 9.54. The van der Waals surface area contributed by atoms with Gasteiger partial charge in [0.1, 0.15) is 5.82 Å². The zero-order chi connectivity index (χ0) is 22.2. The number of anilines is 4. The van der Waals surface area contributed by atoms with E-state index in [0.717, 1.165) is 60.5 Å². The number of benzene rings is 2. The van der Waals surface area contributed by atoms with Gasteiger partial charge in [-0.25, -0.2) is 4.98 Å². The van der Waals surface area contributed by atoms with Crippen molar-refractivity contribution in [1.82, 2.24) is 15.3 Å². The van der Waals surface area contributed by atoms with E-state index in [1.807, 2.05) is 25.1 Å². The van der Waals surface area contributed by atoms with E-state index in [2.05, 4.69) is 27.4 Å². The first-order valence-corrected chi connectivity index (χ1v) is 10.2. The molecule has 164 valence electrons. The monoisotopic (exact) mass is 430 g/mol. The summed E-state index contributed by atoms with van der Waals surface area (Å²) in [7, 11) is 0. The van der Waals surface area contributed by atoms with Crippen molar-refractivity contribution in [3.8, 4) is 0 Å². The molecule has 1 aliphatic rings. The molecule has 31 heavy (non-hydrogen) atoms. The Bertz CT molecular complexity index is 1100. The van der Waals surface area contributed by atoms with E-state index < -0.39 is 11.7 Å². The normalized spacial score (nSPS) is 16.8. The lowest BCUT2D eigenvalue weighted by molar-refractivity contribution is -0.137. The summed E-state index contributed by atoms with van der Waals surface area (Å²) in [5.74, 6) is 1.02. The van der Waals surface area contributed by atoms with Crippen LogP contribution in [0.4, 0.5) is 36.3 Å². The number of rotatable bonds is 5. The van der Waals surface area contributed by atoms with E-state index in [4.69, 9.17) is 10.7 Å². The van der Waals surface area contributed by atoms with Crippen molar-refractivity contribution in [3.05, 3.63) is 47.5 Å². The molecule has 4 rings (SSSR count). The van der Waals surface area contributed by atoms with E-state index >= 15 is 0 Å². The molecular formula is C22H25F3N6. The highest BCUT2D eigenvalue weighted by molar-refractivity contribution is 5.93. The number of nitrogen functional groups attached to an aromatic ring is 1. The van der Waals surface area contributed by atoms with E-state index in [1.54, 1.807) is 0 Å². The van der Waals surface area contributed by atoms with Gasteiger partial charge in [-0.05, 0) is 49.7 Å². The van der Waals surface area contributed by atoms with Crippen LogP contribution in [-0.4, -0.2) is 35.6 Å². The number of aryl methyl sites for hydroxylation is 1. The van der Waals surface area contributed by atoms with E-state index in [1.165, 1.54) is 6.07 Å². The molecule has 9 heteroatoms. The highest BCUT2D eigenvalue weighted by atomic mass is 19.4. The second kappa shape index (κ2) is 8.22. The first-order valence-electron chi connectivity index (χ1n) is 10.2. The van der Waals surface area contributed by atoms with E-state index in [0.29, 0.717) is 6.04 Å². The van der Waals surface area contributed by atoms with Crippen molar-refractivity contribution in [3.63, 3.8) is 0 Å². The minimum Gasteiger partial charge on any atom is -0.399 e. The number of hydrogen-bond donors (Lipinski definition) is 3. The Kier molecular flexibility index (Phi) is 5.62. The first kappa shape index (κ1) is 21.2. The van der Waals surface area contributed by atoms with Gasteiger partial charge in [-0.3, -0.25) is 0 Å². The zero-order valence-corrected chi connectivity index (χ0v) is 17.4. The van der Waals surface area contributed by atoms with Crippen molar-refractivity contribution >= 4 is 34.0 Å². The molecule has 1 aliphatic heterocycles. The Morgan fingerprint density at radius 3 is 2.74 bits per heavy atom. The van der Waals surface area contributed by atoms with Crippen molar-refractivity contribution in [1.29, 1.82) is 0 Å². The second-order valence-corrected chi connectivity index (χ2v) is 7.80. The Morgan fingerprint density at radius 2 is 2.00 bits per heavy atom. The fourth-order valence-corrected chi connectivity index (χ4v) is 4.04. The van der Waals surface area contributed by atoms with Crippen molar-refractivity contribution in [2.45, 2.75) is 32.5 Å². The van der Waals surface area contributed by atoms with Crippen LogP contribution in [0.5, 0.6) is 0 Å². The first-order chi connectivity index (χ1) is 14.7. The molecule has 2 heterocycles. The van der Waals surface area contributed by atoms with Crippen LogP contribution in [0.1, 0.15) is 24.5 Å². The molecule has 2 aromatic carbocycles. The van der Waals surface area contributed by atoms with Gasteiger partial charge >= 0.3 is 6.18 Å². The summed E-state index contributed by atoms with van der Waals surface area (Å²) < 4.78 is 39.5. The molecule has 0 amide bonds. The highest BCUT2D eigenvalue weighted by Crippen LogP contribution is 2.35. The largest absolute Gasteiger partial charge is 0.416 e. The minimum absolute atomic E-state index is 0.0159. The van der Waals surface area contributed by atoms with Crippen LogP contribution in [0.2, 0.25) is 0 Å². The number of alkyl halides is 3. The quantitative estimate of drug-likeness (QED) is 0.519. The molecule has 3 aromatic rings. The molecule has 0 radical (unpaired) electrons. The summed E-state index contributed by atoms with van der Waals surface area (Å²) in [5, 5.41) is 7.34. The van der Waals surface area contributed by atoms with Gasteiger partial charge in [0.2, 0.25) is 5.95 Å². The third-order valence-corrected chi connectivity index (χ3v) is 5.43. The minimum atomic E-state index is -4.49. The number of nitrogens with two attached hydrogens (primary N) is 1. The molecule has 0 saturated carbocycles. The van der Waals surface area contributed by atoms with Crippen molar-refractivity contribution < 1.29 is 13.2 Å². The summed E-state index contributed by atoms with van der Waals surface area (Å²) in [6.45, 7) is 6.63. The maximum Gasteiger partial charge on any atom is 0.416 e. The van der Waals surface area contributed by atoms with Crippen molar-refractivity contribution in [2.24, 2.45) is 0 Å². The average Bonchev–Trinajstić information content (AvgIpc) is 3.15. The molecule has 4 N–H and O–H groups in total. The van der Waals surface area contributed by atoms with E-state index in [-0.39, 0.29) is 17.3 Å². The number of halogens is 3. The lowest BCUT2D eigenvalue weighted by atomic mass is 10.1. The SMILES string of the molecule is CCNC1CCN(c2nc(Nc3cc(N)cc(C(F)(F)F)c3)nc3cccc(C)c23)C1. The molecule has 0 spiro atoms. The maximum atomic E-state index is 13.2. The van der Waals surface area contributed by atoms with Gasteiger partial charge in [0.15, 0.2) is 0 Å². The Labute approximate surface area is 178 Å². The van der Waals surface area contributed by atoms with Crippen LogP contribution in [0, 0.1) is 6.92 Å². The Hall–Kier alpha value is -3.07. The standard InChI is InChI=1S/C22H25F3N6/c1-3-27-16-7-8-31(12-16)20-19-13(2)5-4-6-18(19)29-21(30-20)28-17-10-14(22(23,24)25)9-15(26)11-17/h4-6,9-11,16,27H,3,7-8,12,26H2,1-2H3,(H,28,29,30). The second-order valence-electron chi connectivity index (χ2n) is 7.80. The summed E-state index contributed by atoms with van der Waals surface area (Å²) in [6.07, 6.45) is -3.49. The van der Waals surface area contributed by atoms with Gasteiger partial charge in [0.25, 0.3) is 0 Å². The lowest BCUT2D eigenvalue weighted by Crippen LogP contribution is -2.32. The summed E-state index contributed by atoms with van der Waals surface area (Å²) in [5.41, 5.74) is 6.87. The Morgan fingerprint density at radius 1 is 1.19 bits per heavy atom. The van der Waals surface area contributed by atoms with Gasteiger partial charge in [0.05, 0.1) is 11.1 Å². The average molecular weight is 430 g/mol. The summed E-state index contributed by atoms with van der Waals surface area (Å²) in [4.78, 5) is 11.5. The van der Waals surface area contributed by atoms with Crippen LogP contribution in [-0.2, 0) is 6.18 Å². The predicted octanol–water partition coefficient (Wildman–Crippen LogP) is 4.47. The van der Waals surface area contributed by atoms with Crippen LogP contribution in [0.25, 0.3) is 10.9 Å². The van der Waals surface area contributed by atoms with Crippen LogP contribution in [0.3, 0.4) is 0 Å². The van der Waals surface area contributed by atoms with Gasteiger partial charge in [-0.2, -0.15) is 18.2 Å². The molecule has 0 bridgehead atoms. The van der Waals surface area contributed by atoms with Gasteiger partial charge < -0.3 is 21.3 Å². The number of likely N-dealkylation sites (N-methyl/N-ethyl adjacent to an activating group) is 1. The fraction of sp³-hybridized carbons (Fsp3) is 0.364. The molecular weight excluding hydrogens is 405 g/mol. The van der Waals surface area contributed by atoms with Gasteiger partial charge in [-0.1, -0.05) is 19.1 Å². The molecule has 1 unspecified atom stereocenters. The third kappa shape index (κ3) is 4.51. The van der Waals surface area contributed by atoms with Crippen LogP contribution >= 0.6 is 0 Å². The van der Waals surface area contributed by atoms with E-state index in [9.17, 15) is 13.2 Å². The third-order valence-electron chi connectivity index (χ3n) is 5.43. The van der Waals surface area contributed by atoms with Crippen LogP contribution in [0.15, 0.2) is 36.4 Å². The molecule has 1 saturated heterocycles. The van der Waals surface area contributed by atoms with Gasteiger partial charge in [-0.15, -0.1) is 0 Å². The topological polar surface area (TPSA) is 79.1 Å².